The number of para-hydroxylation sites is 1. The zero-order chi connectivity index (χ0) is 24.0. The van der Waals surface area contributed by atoms with Gasteiger partial charge in [0.25, 0.3) is 5.91 Å². The second-order valence-corrected chi connectivity index (χ2v) is 10.5. The van der Waals surface area contributed by atoms with Crippen LogP contribution in [0.3, 0.4) is 0 Å². The fraction of sp³-hybridized carbons (Fsp3) is 0.615. The van der Waals surface area contributed by atoms with Crippen molar-refractivity contribution in [2.24, 2.45) is 17.3 Å². The smallest absolute Gasteiger partial charge is 0.258 e. The number of carbonyl (C=O) groups excluding carboxylic acids is 4. The highest BCUT2D eigenvalue weighted by molar-refractivity contribution is 6.04. The molecule has 2 saturated carbocycles. The normalized spacial score (nSPS) is 25.8. The first-order valence-corrected chi connectivity index (χ1v) is 12.5. The molecule has 2 saturated heterocycles. The van der Waals surface area contributed by atoms with E-state index in [0.717, 1.165) is 32.1 Å². The van der Waals surface area contributed by atoms with Crippen LogP contribution in [0.2, 0.25) is 0 Å². The number of rotatable bonds is 7. The van der Waals surface area contributed by atoms with E-state index in [1.807, 2.05) is 32.0 Å². The number of nitrogens with zero attached hydrogens (tertiary/aromatic N) is 2. The van der Waals surface area contributed by atoms with Crippen molar-refractivity contribution in [1.82, 2.24) is 15.1 Å². The van der Waals surface area contributed by atoms with Gasteiger partial charge in [0, 0.05) is 12.5 Å². The van der Waals surface area contributed by atoms with Crippen LogP contribution in [0.25, 0.3) is 0 Å². The van der Waals surface area contributed by atoms with Gasteiger partial charge in [-0.05, 0) is 50.2 Å². The number of amides is 4. The van der Waals surface area contributed by atoms with Crippen LogP contribution in [-0.2, 0) is 19.2 Å². The molecular weight excluding hydrogens is 434 g/mol. The molecule has 1 aromatic carbocycles. The van der Waals surface area contributed by atoms with E-state index in [4.69, 9.17) is 4.74 Å². The molecule has 4 fully saturated rings. The Morgan fingerprint density at radius 2 is 1.82 bits per heavy atom. The predicted molar refractivity (Wildman–Crippen MR) is 123 cm³/mol. The number of imide groups is 1. The van der Waals surface area contributed by atoms with Gasteiger partial charge in [-0.1, -0.05) is 38.5 Å². The number of fused-ring (bicyclic) bond motifs is 2. The number of likely N-dealkylation sites (tertiary alicyclic amines) is 2. The third-order valence-corrected chi connectivity index (χ3v) is 7.96. The van der Waals surface area contributed by atoms with Gasteiger partial charge in [-0.25, -0.2) is 0 Å². The van der Waals surface area contributed by atoms with Gasteiger partial charge >= 0.3 is 0 Å². The van der Waals surface area contributed by atoms with E-state index in [-0.39, 0.29) is 54.2 Å². The van der Waals surface area contributed by atoms with Crippen molar-refractivity contribution >= 4 is 23.6 Å². The van der Waals surface area contributed by atoms with Crippen molar-refractivity contribution in [3.05, 3.63) is 30.3 Å². The molecule has 4 aliphatic rings. The van der Waals surface area contributed by atoms with Crippen LogP contribution in [-0.4, -0.2) is 64.7 Å². The summed E-state index contributed by atoms with van der Waals surface area (Å²) in [5.41, 5.74) is -0.636. The van der Waals surface area contributed by atoms with E-state index >= 15 is 0 Å². The molecule has 34 heavy (non-hydrogen) atoms. The Morgan fingerprint density at radius 3 is 2.41 bits per heavy atom. The number of nitrogens with one attached hydrogen (secondary N) is 1. The highest BCUT2D eigenvalue weighted by Gasteiger charge is 2.68. The van der Waals surface area contributed by atoms with Crippen molar-refractivity contribution in [2.45, 2.75) is 70.5 Å². The quantitative estimate of drug-likeness (QED) is 0.620. The minimum atomic E-state index is -0.717. The fourth-order valence-electron chi connectivity index (χ4n) is 5.91. The summed E-state index contributed by atoms with van der Waals surface area (Å²) < 4.78 is 5.54. The van der Waals surface area contributed by atoms with E-state index < -0.39 is 11.5 Å². The van der Waals surface area contributed by atoms with E-state index in [2.05, 4.69) is 5.32 Å². The molecule has 2 aliphatic carbocycles. The number of benzene rings is 1. The van der Waals surface area contributed by atoms with E-state index in [1.165, 1.54) is 4.90 Å². The molecule has 8 nitrogen and oxygen atoms in total. The Balaban J connectivity index is 1.31. The van der Waals surface area contributed by atoms with Gasteiger partial charge in [0.2, 0.25) is 17.7 Å². The molecule has 0 radical (unpaired) electrons. The Hall–Kier alpha value is -2.90. The molecule has 0 aromatic heterocycles. The summed E-state index contributed by atoms with van der Waals surface area (Å²) in [5.74, 6) is -0.241. The molecule has 0 bridgehead atoms. The Morgan fingerprint density at radius 1 is 1.12 bits per heavy atom. The van der Waals surface area contributed by atoms with Crippen LogP contribution in [0.5, 0.6) is 5.75 Å². The second kappa shape index (κ2) is 8.71. The summed E-state index contributed by atoms with van der Waals surface area (Å²) in [6, 6.07) is 7.82. The van der Waals surface area contributed by atoms with Crippen LogP contribution in [0.15, 0.2) is 30.3 Å². The molecule has 182 valence electrons. The van der Waals surface area contributed by atoms with Crippen molar-refractivity contribution in [2.75, 3.05) is 13.2 Å². The van der Waals surface area contributed by atoms with Crippen LogP contribution < -0.4 is 10.1 Å². The minimum absolute atomic E-state index is 0.0307. The molecule has 2 aliphatic heterocycles. The lowest BCUT2D eigenvalue weighted by atomic mass is 9.64. The molecule has 4 amide bonds. The first-order valence-electron chi connectivity index (χ1n) is 12.5. The zero-order valence-electron chi connectivity index (χ0n) is 19.9. The first-order chi connectivity index (χ1) is 16.3. The third kappa shape index (κ3) is 3.77. The lowest BCUT2D eigenvalue weighted by molar-refractivity contribution is -0.152. The Kier molecular flexibility index (Phi) is 5.86. The molecular formula is C26H33N3O5. The van der Waals surface area contributed by atoms with Crippen LogP contribution in [0.1, 0.15) is 52.4 Å². The second-order valence-electron chi connectivity index (χ2n) is 10.5. The van der Waals surface area contributed by atoms with Crippen LogP contribution in [0, 0.1) is 17.3 Å². The molecule has 5 rings (SSSR count). The van der Waals surface area contributed by atoms with Gasteiger partial charge in [-0.2, -0.15) is 0 Å². The summed E-state index contributed by atoms with van der Waals surface area (Å²) in [6.45, 7) is 4.11. The Bertz CT molecular complexity index is 985. The van der Waals surface area contributed by atoms with Gasteiger partial charge in [0.15, 0.2) is 6.61 Å². The van der Waals surface area contributed by atoms with Gasteiger partial charge in [-0.15, -0.1) is 0 Å². The average molecular weight is 468 g/mol. The van der Waals surface area contributed by atoms with Gasteiger partial charge < -0.3 is 15.0 Å². The summed E-state index contributed by atoms with van der Waals surface area (Å²) in [6.07, 6.45) is 4.68. The zero-order valence-corrected chi connectivity index (χ0v) is 19.9. The highest BCUT2D eigenvalue weighted by atomic mass is 16.5. The molecule has 8 heteroatoms. The van der Waals surface area contributed by atoms with Crippen molar-refractivity contribution in [3.8, 4) is 5.75 Å². The van der Waals surface area contributed by atoms with E-state index in [0.29, 0.717) is 18.7 Å². The SMILES string of the molecule is CC(C)[C@H](NC(=O)COc1ccccc1)C(=O)N1CC[C@H]2[C@H]1C1(CCC1)C(=O)N2C(=O)C1CC1. The van der Waals surface area contributed by atoms with E-state index in [1.54, 1.807) is 17.0 Å². The fourth-order valence-corrected chi connectivity index (χ4v) is 5.91. The molecule has 0 unspecified atom stereocenters. The maximum Gasteiger partial charge on any atom is 0.258 e. The maximum atomic E-state index is 13.8. The molecule has 1 spiro atoms. The molecule has 3 atom stereocenters. The standard InChI is InChI=1S/C26H33N3O5/c1-16(2)21(27-20(30)15-34-18-7-4-3-5-8-18)24(32)28-14-11-19-22(28)26(12-6-13-26)25(33)29(19)23(31)17-9-10-17/h3-5,7-8,16-17,19,21-22H,6,9-15H2,1-2H3,(H,27,30)/t19-,21-,22-/m0/s1. The summed E-state index contributed by atoms with van der Waals surface area (Å²) in [5, 5.41) is 2.86. The van der Waals surface area contributed by atoms with Gasteiger partial charge in [0.1, 0.15) is 11.8 Å². The molecule has 1 aromatic rings. The van der Waals surface area contributed by atoms with Gasteiger partial charge in [0.05, 0.1) is 17.5 Å². The monoisotopic (exact) mass is 467 g/mol. The summed E-state index contributed by atoms with van der Waals surface area (Å²) in [4.78, 5) is 56.1. The van der Waals surface area contributed by atoms with Gasteiger partial charge in [-0.3, -0.25) is 24.1 Å². The number of hydrogen-bond acceptors (Lipinski definition) is 5. The lowest BCUT2D eigenvalue weighted by Gasteiger charge is -2.44. The molecule has 1 N–H and O–H groups in total. The largest absolute Gasteiger partial charge is 0.484 e. The van der Waals surface area contributed by atoms with E-state index in [9.17, 15) is 19.2 Å². The molecule has 2 heterocycles. The average Bonchev–Trinajstić information content (AvgIpc) is 3.51. The number of hydrogen-bond donors (Lipinski definition) is 1. The predicted octanol–water partition coefficient (Wildman–Crippen LogP) is 2.12. The van der Waals surface area contributed by atoms with Crippen molar-refractivity contribution in [3.63, 3.8) is 0 Å². The van der Waals surface area contributed by atoms with Crippen molar-refractivity contribution in [1.29, 1.82) is 0 Å². The van der Waals surface area contributed by atoms with Crippen LogP contribution in [0.4, 0.5) is 0 Å². The number of ether oxygens (including phenoxy) is 1. The third-order valence-electron chi connectivity index (χ3n) is 7.96. The number of carbonyl (C=O) groups is 4. The summed E-state index contributed by atoms with van der Waals surface area (Å²) >= 11 is 0. The first kappa shape index (κ1) is 22.9. The van der Waals surface area contributed by atoms with Crippen molar-refractivity contribution < 1.29 is 23.9 Å². The van der Waals surface area contributed by atoms with Crippen LogP contribution >= 0.6 is 0 Å². The topological polar surface area (TPSA) is 96.0 Å². The maximum absolute atomic E-state index is 13.8. The minimum Gasteiger partial charge on any atom is -0.484 e. The Labute approximate surface area is 200 Å². The highest BCUT2D eigenvalue weighted by Crippen LogP contribution is 2.56. The summed E-state index contributed by atoms with van der Waals surface area (Å²) in [7, 11) is 0. The lowest BCUT2D eigenvalue weighted by Crippen LogP contribution is -2.58.